The maximum atomic E-state index is 12.4. The molecule has 0 bridgehead atoms. The van der Waals surface area contributed by atoms with Crippen LogP contribution in [-0.4, -0.2) is 25.5 Å². The van der Waals surface area contributed by atoms with Crippen LogP contribution in [0.15, 0.2) is 59.9 Å². The molecule has 0 aliphatic rings. The van der Waals surface area contributed by atoms with Gasteiger partial charge in [0.15, 0.2) is 5.03 Å². The number of hydrogen-bond acceptors (Lipinski definition) is 5. The number of sulfonamides is 1. The normalized spacial score (nSPS) is 11.3. The Labute approximate surface area is 127 Å². The molecule has 6 nitrogen and oxygen atoms in total. The minimum absolute atomic E-state index is 0.0538. The number of methoxy groups -OCH3 is 1. The van der Waals surface area contributed by atoms with Crippen molar-refractivity contribution in [3.8, 4) is 5.75 Å². The summed E-state index contributed by atoms with van der Waals surface area (Å²) in [7, 11) is -2.26. The highest BCUT2D eigenvalue weighted by molar-refractivity contribution is 7.92. The molecule has 0 fully saturated rings. The van der Waals surface area contributed by atoms with Crippen molar-refractivity contribution in [1.82, 2.24) is 9.97 Å². The summed E-state index contributed by atoms with van der Waals surface area (Å²) in [5, 5.41) is 0.725. The van der Waals surface area contributed by atoms with Crippen LogP contribution in [-0.2, 0) is 10.0 Å². The van der Waals surface area contributed by atoms with E-state index in [9.17, 15) is 8.42 Å². The zero-order valence-electron chi connectivity index (χ0n) is 11.7. The average molecular weight is 315 g/mol. The molecule has 112 valence electrons. The monoisotopic (exact) mass is 315 g/mol. The zero-order valence-corrected chi connectivity index (χ0v) is 12.5. The number of pyridine rings is 2. The lowest BCUT2D eigenvalue weighted by Crippen LogP contribution is -2.14. The van der Waals surface area contributed by atoms with E-state index in [1.54, 1.807) is 36.5 Å². The van der Waals surface area contributed by atoms with Crippen molar-refractivity contribution in [2.75, 3.05) is 11.8 Å². The average Bonchev–Trinajstić information content (AvgIpc) is 2.55. The third kappa shape index (κ3) is 2.71. The first-order valence-corrected chi connectivity index (χ1v) is 7.95. The molecule has 0 radical (unpaired) electrons. The molecule has 2 aromatic heterocycles. The Morgan fingerprint density at radius 3 is 2.59 bits per heavy atom. The predicted molar refractivity (Wildman–Crippen MR) is 83.3 cm³/mol. The summed E-state index contributed by atoms with van der Waals surface area (Å²) in [6, 6.07) is 11.7. The number of aromatic nitrogens is 2. The Hall–Kier alpha value is -2.67. The van der Waals surface area contributed by atoms with Gasteiger partial charge in [-0.05, 0) is 24.3 Å². The van der Waals surface area contributed by atoms with Crippen molar-refractivity contribution in [2.45, 2.75) is 5.03 Å². The number of nitrogens with zero attached hydrogens (tertiary/aromatic N) is 2. The molecule has 22 heavy (non-hydrogen) atoms. The van der Waals surface area contributed by atoms with Crippen molar-refractivity contribution < 1.29 is 13.2 Å². The van der Waals surface area contributed by atoms with Crippen LogP contribution in [0.2, 0.25) is 0 Å². The van der Waals surface area contributed by atoms with Gasteiger partial charge in [0.2, 0.25) is 0 Å². The fourth-order valence-electron chi connectivity index (χ4n) is 2.06. The highest BCUT2D eigenvalue weighted by Gasteiger charge is 2.17. The van der Waals surface area contributed by atoms with Gasteiger partial charge in [-0.15, -0.1) is 0 Å². The smallest absolute Gasteiger partial charge is 0.279 e. The highest BCUT2D eigenvalue weighted by atomic mass is 32.2. The Morgan fingerprint density at radius 2 is 1.86 bits per heavy atom. The van der Waals surface area contributed by atoms with Crippen molar-refractivity contribution in [3.63, 3.8) is 0 Å². The summed E-state index contributed by atoms with van der Waals surface area (Å²) < 4.78 is 32.5. The summed E-state index contributed by atoms with van der Waals surface area (Å²) in [5.74, 6) is 0.541. The number of benzene rings is 1. The summed E-state index contributed by atoms with van der Waals surface area (Å²) >= 11 is 0. The molecule has 3 aromatic rings. The maximum Gasteiger partial charge on any atom is 0.279 e. The first-order valence-electron chi connectivity index (χ1n) is 6.47. The fraction of sp³-hybridized carbons (Fsp3) is 0.0667. The summed E-state index contributed by atoms with van der Waals surface area (Å²) in [4.78, 5) is 8.10. The Bertz CT molecular complexity index is 912. The molecule has 1 aromatic carbocycles. The molecular weight excluding hydrogens is 302 g/mol. The van der Waals surface area contributed by atoms with Crippen LogP contribution >= 0.6 is 0 Å². The number of hydrogen-bond donors (Lipinski definition) is 1. The summed E-state index contributed by atoms with van der Waals surface area (Å²) in [5.41, 5.74) is 0.892. The number of anilines is 1. The second kappa shape index (κ2) is 5.61. The highest BCUT2D eigenvalue weighted by Crippen LogP contribution is 2.29. The molecule has 0 aliphatic heterocycles. The van der Waals surface area contributed by atoms with Crippen molar-refractivity contribution in [1.29, 1.82) is 0 Å². The molecule has 0 aliphatic carbocycles. The van der Waals surface area contributed by atoms with E-state index < -0.39 is 10.0 Å². The van der Waals surface area contributed by atoms with Crippen LogP contribution in [0.3, 0.4) is 0 Å². The molecule has 7 heteroatoms. The van der Waals surface area contributed by atoms with Gasteiger partial charge in [0, 0.05) is 23.8 Å². The third-order valence-corrected chi connectivity index (χ3v) is 4.35. The van der Waals surface area contributed by atoms with E-state index in [1.807, 2.05) is 6.07 Å². The van der Waals surface area contributed by atoms with Gasteiger partial charge in [-0.2, -0.15) is 8.42 Å². The zero-order chi connectivity index (χ0) is 15.6. The second-order valence-electron chi connectivity index (χ2n) is 4.52. The third-order valence-electron chi connectivity index (χ3n) is 3.07. The molecule has 1 N–H and O–H groups in total. The van der Waals surface area contributed by atoms with Gasteiger partial charge in [0.25, 0.3) is 10.0 Å². The van der Waals surface area contributed by atoms with E-state index >= 15 is 0 Å². The van der Waals surface area contributed by atoms with Gasteiger partial charge >= 0.3 is 0 Å². The van der Waals surface area contributed by atoms with E-state index in [0.717, 1.165) is 5.39 Å². The van der Waals surface area contributed by atoms with Gasteiger partial charge in [0.05, 0.1) is 18.3 Å². The lowest BCUT2D eigenvalue weighted by atomic mass is 10.2. The standard InChI is InChI=1S/C15H13N3O3S/c1-21-12-9-11-5-4-8-17-15(11)13(10-12)18-22(19,20)14-6-2-3-7-16-14/h2-10,18H,1H3. The topological polar surface area (TPSA) is 81.2 Å². The lowest BCUT2D eigenvalue weighted by Gasteiger charge is -2.11. The largest absolute Gasteiger partial charge is 0.497 e. The minimum atomic E-state index is -3.79. The number of nitrogens with one attached hydrogen (secondary N) is 1. The van der Waals surface area contributed by atoms with Crippen LogP contribution in [0.1, 0.15) is 0 Å². The van der Waals surface area contributed by atoms with Gasteiger partial charge in [0.1, 0.15) is 5.75 Å². The summed E-state index contributed by atoms with van der Waals surface area (Å²) in [6.45, 7) is 0. The van der Waals surface area contributed by atoms with Gasteiger partial charge in [-0.1, -0.05) is 12.1 Å². The predicted octanol–water partition coefficient (Wildman–Crippen LogP) is 2.44. The number of ether oxygens (including phenoxy) is 1. The molecule has 0 atom stereocenters. The molecule has 0 saturated carbocycles. The first-order chi connectivity index (χ1) is 10.6. The molecule has 3 rings (SSSR count). The van der Waals surface area contributed by atoms with E-state index in [2.05, 4.69) is 14.7 Å². The van der Waals surface area contributed by atoms with E-state index in [1.165, 1.54) is 19.4 Å². The Kier molecular flexibility index (Phi) is 3.64. The van der Waals surface area contributed by atoms with Crippen LogP contribution in [0.4, 0.5) is 5.69 Å². The van der Waals surface area contributed by atoms with E-state index in [0.29, 0.717) is 17.0 Å². The van der Waals surface area contributed by atoms with Crippen molar-refractivity contribution >= 4 is 26.6 Å². The molecule has 0 spiro atoms. The van der Waals surface area contributed by atoms with Crippen molar-refractivity contribution in [3.05, 3.63) is 54.9 Å². The lowest BCUT2D eigenvalue weighted by molar-refractivity contribution is 0.415. The van der Waals surface area contributed by atoms with Crippen LogP contribution in [0, 0.1) is 0 Å². The second-order valence-corrected chi connectivity index (χ2v) is 6.15. The molecule has 0 saturated heterocycles. The Morgan fingerprint density at radius 1 is 1.05 bits per heavy atom. The quantitative estimate of drug-likeness (QED) is 0.799. The van der Waals surface area contributed by atoms with Gasteiger partial charge in [-0.25, -0.2) is 4.98 Å². The molecular formula is C15H13N3O3S. The van der Waals surface area contributed by atoms with Gasteiger partial charge in [-0.3, -0.25) is 9.71 Å². The summed E-state index contributed by atoms with van der Waals surface area (Å²) in [6.07, 6.45) is 3.03. The number of fused-ring (bicyclic) bond motifs is 1. The number of rotatable bonds is 4. The SMILES string of the molecule is COc1cc(NS(=O)(=O)c2ccccn2)c2ncccc2c1. The van der Waals surface area contributed by atoms with E-state index in [-0.39, 0.29) is 5.03 Å². The van der Waals surface area contributed by atoms with E-state index in [4.69, 9.17) is 4.74 Å². The molecule has 2 heterocycles. The minimum Gasteiger partial charge on any atom is -0.497 e. The van der Waals surface area contributed by atoms with Crippen LogP contribution in [0.25, 0.3) is 10.9 Å². The van der Waals surface area contributed by atoms with Gasteiger partial charge < -0.3 is 4.74 Å². The van der Waals surface area contributed by atoms with Crippen molar-refractivity contribution in [2.24, 2.45) is 0 Å². The Balaban J connectivity index is 2.11. The maximum absolute atomic E-state index is 12.4. The molecule has 0 amide bonds. The van der Waals surface area contributed by atoms with Crippen LogP contribution in [0.5, 0.6) is 5.75 Å². The molecule has 0 unspecified atom stereocenters. The van der Waals surface area contributed by atoms with Crippen LogP contribution < -0.4 is 9.46 Å². The first kappa shape index (κ1) is 14.3. The fourth-order valence-corrected chi connectivity index (χ4v) is 3.07.